The number of benzene rings is 4. The van der Waals surface area contributed by atoms with Crippen molar-refractivity contribution < 1.29 is 9.53 Å². The van der Waals surface area contributed by atoms with E-state index in [4.69, 9.17) is 4.74 Å². The molecule has 0 saturated carbocycles. The first-order chi connectivity index (χ1) is 18.2. The van der Waals surface area contributed by atoms with Gasteiger partial charge in [0.15, 0.2) is 0 Å². The van der Waals surface area contributed by atoms with Gasteiger partial charge >= 0.3 is 6.09 Å². The van der Waals surface area contributed by atoms with Gasteiger partial charge in [-0.05, 0) is 82.3 Å². The molecule has 37 heavy (non-hydrogen) atoms. The zero-order chi connectivity index (χ0) is 24.9. The molecule has 2 heterocycles. The molecule has 2 unspecified atom stereocenters. The van der Waals surface area contributed by atoms with Crippen LogP contribution in [0.4, 0.5) is 4.79 Å². The van der Waals surface area contributed by atoms with E-state index in [9.17, 15) is 4.79 Å². The van der Waals surface area contributed by atoms with E-state index >= 15 is 0 Å². The number of carbonyl (C=O) groups is 1. The van der Waals surface area contributed by atoms with Gasteiger partial charge < -0.3 is 4.74 Å². The van der Waals surface area contributed by atoms with Crippen LogP contribution in [-0.2, 0) is 4.74 Å². The smallest absolute Gasteiger partial charge is 0.410 e. The highest BCUT2D eigenvalue weighted by molar-refractivity contribution is 5.96. The lowest BCUT2D eigenvalue weighted by Crippen LogP contribution is -2.51. The monoisotopic (exact) mass is 485 g/mol. The number of aryl methyl sites for hydroxylation is 1. The quantitative estimate of drug-likeness (QED) is 0.293. The molecule has 4 aromatic carbocycles. The standard InChI is InChI=1S/C34H31NO2/c1-22-17-18-27(28-12-3-2-11-26(22)28)23-19-24-9-8-10-25(20-23)35(24)34(36)37-21-33-31-15-6-4-13-29(31)30-14-5-7-16-32(30)33/h2-7,11-19,24-25,33H,8-10,20-21H2,1H3. The van der Waals surface area contributed by atoms with Gasteiger partial charge in [0.05, 0.1) is 6.04 Å². The van der Waals surface area contributed by atoms with Crippen LogP contribution in [0.3, 0.4) is 0 Å². The number of amides is 1. The van der Waals surface area contributed by atoms with Crippen LogP contribution in [0, 0.1) is 6.92 Å². The zero-order valence-corrected chi connectivity index (χ0v) is 21.2. The van der Waals surface area contributed by atoms with Crippen molar-refractivity contribution in [2.24, 2.45) is 0 Å². The Labute approximate surface area is 218 Å². The number of carbonyl (C=O) groups excluding carboxylic acids is 1. The Morgan fingerprint density at radius 2 is 1.49 bits per heavy atom. The molecule has 4 aromatic rings. The SMILES string of the molecule is Cc1ccc(C2=CC3CCCC(C2)N3C(=O)OCC2c3ccccc3-c3ccccc32)c2ccccc12. The molecular weight excluding hydrogens is 454 g/mol. The molecule has 0 spiro atoms. The molecule has 1 saturated heterocycles. The van der Waals surface area contributed by atoms with Crippen molar-refractivity contribution in [2.75, 3.05) is 6.61 Å². The molecule has 2 bridgehead atoms. The Hall–Kier alpha value is -3.85. The Kier molecular flexibility index (Phi) is 5.39. The maximum atomic E-state index is 13.6. The highest BCUT2D eigenvalue weighted by Crippen LogP contribution is 2.45. The third-order valence-electron chi connectivity index (χ3n) is 8.67. The lowest BCUT2D eigenvalue weighted by atomic mass is 9.81. The van der Waals surface area contributed by atoms with Crippen molar-refractivity contribution in [3.63, 3.8) is 0 Å². The molecular formula is C34H31NO2. The molecule has 1 fully saturated rings. The minimum Gasteiger partial charge on any atom is -0.448 e. The number of nitrogens with zero attached hydrogens (tertiary/aromatic N) is 1. The van der Waals surface area contributed by atoms with E-state index < -0.39 is 0 Å². The average molecular weight is 486 g/mol. The number of fused-ring (bicyclic) bond motifs is 6. The van der Waals surface area contributed by atoms with Crippen LogP contribution in [0.15, 0.2) is 91.0 Å². The maximum Gasteiger partial charge on any atom is 0.410 e. The summed E-state index contributed by atoms with van der Waals surface area (Å²) in [5.41, 5.74) is 9.00. The summed E-state index contributed by atoms with van der Waals surface area (Å²) in [6.07, 6.45) is 6.24. The highest BCUT2D eigenvalue weighted by atomic mass is 16.6. The Bertz CT molecular complexity index is 1510. The van der Waals surface area contributed by atoms with Crippen LogP contribution in [0.1, 0.15) is 53.9 Å². The number of hydrogen-bond acceptors (Lipinski definition) is 2. The second-order valence-corrected chi connectivity index (χ2v) is 10.7. The zero-order valence-electron chi connectivity index (χ0n) is 21.2. The van der Waals surface area contributed by atoms with E-state index in [1.165, 1.54) is 49.7 Å². The fraction of sp³-hybridized carbons (Fsp3) is 0.265. The first-order valence-electron chi connectivity index (χ1n) is 13.5. The molecule has 2 aliphatic heterocycles. The molecule has 2 atom stereocenters. The Morgan fingerprint density at radius 1 is 0.811 bits per heavy atom. The lowest BCUT2D eigenvalue weighted by Gasteiger charge is -2.44. The lowest BCUT2D eigenvalue weighted by molar-refractivity contribution is 0.0539. The fourth-order valence-corrected chi connectivity index (χ4v) is 6.91. The van der Waals surface area contributed by atoms with E-state index in [-0.39, 0.29) is 24.1 Å². The van der Waals surface area contributed by atoms with Gasteiger partial charge in [-0.2, -0.15) is 0 Å². The predicted molar refractivity (Wildman–Crippen MR) is 150 cm³/mol. The summed E-state index contributed by atoms with van der Waals surface area (Å²) in [5, 5.41) is 2.62. The van der Waals surface area contributed by atoms with E-state index in [0.717, 1.165) is 25.7 Å². The number of rotatable bonds is 3. The van der Waals surface area contributed by atoms with Crippen molar-refractivity contribution in [3.8, 4) is 11.1 Å². The van der Waals surface area contributed by atoms with Gasteiger partial charge in [0.25, 0.3) is 0 Å². The van der Waals surface area contributed by atoms with Crippen LogP contribution >= 0.6 is 0 Å². The highest BCUT2D eigenvalue weighted by Gasteiger charge is 2.39. The van der Waals surface area contributed by atoms with Crippen molar-refractivity contribution in [1.82, 2.24) is 4.90 Å². The summed E-state index contributed by atoms with van der Waals surface area (Å²) in [5.74, 6) is 0.0889. The molecule has 7 rings (SSSR count). The van der Waals surface area contributed by atoms with E-state index in [1.807, 2.05) is 4.90 Å². The third-order valence-corrected chi connectivity index (χ3v) is 8.67. The van der Waals surface area contributed by atoms with Crippen molar-refractivity contribution >= 4 is 22.4 Å². The average Bonchev–Trinajstić information content (AvgIpc) is 3.25. The Balaban J connectivity index is 1.15. The molecule has 0 radical (unpaired) electrons. The minimum absolute atomic E-state index is 0.0889. The molecule has 184 valence electrons. The summed E-state index contributed by atoms with van der Waals surface area (Å²) in [4.78, 5) is 15.6. The van der Waals surface area contributed by atoms with E-state index in [0.29, 0.717) is 6.61 Å². The molecule has 3 nitrogen and oxygen atoms in total. The van der Waals surface area contributed by atoms with Gasteiger partial charge in [0, 0.05) is 12.0 Å². The number of piperidine rings is 1. The second kappa shape index (κ2) is 8.92. The van der Waals surface area contributed by atoms with Gasteiger partial charge in [-0.1, -0.05) is 91.0 Å². The summed E-state index contributed by atoms with van der Waals surface area (Å²) in [6, 6.07) is 30.5. The van der Waals surface area contributed by atoms with Gasteiger partial charge in [0.2, 0.25) is 0 Å². The second-order valence-electron chi connectivity index (χ2n) is 10.7. The van der Waals surface area contributed by atoms with Crippen molar-refractivity contribution in [1.29, 1.82) is 0 Å². The van der Waals surface area contributed by atoms with Gasteiger partial charge in [-0.25, -0.2) is 4.79 Å². The van der Waals surface area contributed by atoms with Crippen molar-refractivity contribution in [3.05, 3.63) is 113 Å². The molecule has 1 amide bonds. The number of hydrogen-bond donors (Lipinski definition) is 0. The first kappa shape index (κ1) is 22.4. The summed E-state index contributed by atoms with van der Waals surface area (Å²) in [7, 11) is 0. The topological polar surface area (TPSA) is 29.5 Å². The van der Waals surface area contributed by atoms with Crippen LogP contribution < -0.4 is 0 Å². The summed E-state index contributed by atoms with van der Waals surface area (Å²) in [6.45, 7) is 2.55. The maximum absolute atomic E-state index is 13.6. The molecule has 1 aliphatic carbocycles. The third kappa shape index (κ3) is 3.68. The summed E-state index contributed by atoms with van der Waals surface area (Å²) < 4.78 is 6.10. The van der Waals surface area contributed by atoms with Crippen LogP contribution in [-0.4, -0.2) is 29.7 Å². The molecule has 3 heteroatoms. The van der Waals surface area contributed by atoms with E-state index in [2.05, 4.69) is 97.9 Å². The van der Waals surface area contributed by atoms with Gasteiger partial charge in [-0.15, -0.1) is 0 Å². The Morgan fingerprint density at radius 3 is 2.22 bits per heavy atom. The summed E-state index contributed by atoms with van der Waals surface area (Å²) >= 11 is 0. The molecule has 3 aliphatic rings. The van der Waals surface area contributed by atoms with Crippen LogP contribution in [0.5, 0.6) is 0 Å². The van der Waals surface area contributed by atoms with Crippen molar-refractivity contribution in [2.45, 2.75) is 50.6 Å². The van der Waals surface area contributed by atoms with Gasteiger partial charge in [0.1, 0.15) is 6.61 Å². The largest absolute Gasteiger partial charge is 0.448 e. The van der Waals surface area contributed by atoms with Crippen LogP contribution in [0.2, 0.25) is 0 Å². The molecule has 0 N–H and O–H groups in total. The normalized spacial score (nSPS) is 20.4. The van der Waals surface area contributed by atoms with Gasteiger partial charge in [-0.3, -0.25) is 4.90 Å². The fourth-order valence-electron chi connectivity index (χ4n) is 6.91. The minimum atomic E-state index is -0.166. The van der Waals surface area contributed by atoms with Crippen LogP contribution in [0.25, 0.3) is 27.5 Å². The molecule has 0 aromatic heterocycles. The number of ether oxygens (including phenoxy) is 1. The van der Waals surface area contributed by atoms with E-state index in [1.54, 1.807) is 0 Å². The first-order valence-corrected chi connectivity index (χ1v) is 13.5. The predicted octanol–water partition coefficient (Wildman–Crippen LogP) is 8.11.